The monoisotopic (exact) mass is 257 g/mol. The summed E-state index contributed by atoms with van der Waals surface area (Å²) in [5.74, 6) is 0. The molecular weight excluding hydrogens is 238 g/mol. The van der Waals surface area contributed by atoms with Gasteiger partial charge in [0, 0.05) is 25.2 Å². The molecule has 100 valence electrons. The highest BCUT2D eigenvalue weighted by Crippen LogP contribution is 2.20. The van der Waals surface area contributed by atoms with Crippen molar-refractivity contribution in [1.82, 2.24) is 9.78 Å². The third kappa shape index (κ3) is 2.90. The van der Waals surface area contributed by atoms with Crippen LogP contribution in [0.1, 0.15) is 24.5 Å². The number of aryl methyl sites for hydroxylation is 2. The zero-order valence-electron chi connectivity index (χ0n) is 11.4. The largest absolute Gasteiger partial charge is 0.326 e. The molecule has 0 fully saturated rings. The second-order valence-electron chi connectivity index (χ2n) is 4.63. The Morgan fingerprint density at radius 1 is 1.26 bits per heavy atom. The number of aromatic nitrogens is 2. The van der Waals surface area contributed by atoms with Gasteiger partial charge in [0.1, 0.15) is 0 Å². The second-order valence-corrected chi connectivity index (χ2v) is 4.63. The van der Waals surface area contributed by atoms with Crippen LogP contribution in [0.3, 0.4) is 0 Å². The molecule has 19 heavy (non-hydrogen) atoms. The van der Waals surface area contributed by atoms with Crippen LogP contribution in [0.5, 0.6) is 0 Å². The van der Waals surface area contributed by atoms with Crippen LogP contribution in [0.4, 0.5) is 0 Å². The molecule has 0 radical (unpaired) electrons. The van der Waals surface area contributed by atoms with E-state index in [1.165, 1.54) is 10.2 Å². The van der Waals surface area contributed by atoms with Gasteiger partial charge in [-0.15, -0.1) is 0 Å². The molecule has 2 N–H and O–H groups in total. The zero-order valence-corrected chi connectivity index (χ0v) is 11.4. The predicted octanol–water partition coefficient (Wildman–Crippen LogP) is 1.86. The molecule has 2 rings (SSSR count). The molecule has 4 nitrogen and oxygen atoms in total. The van der Waals surface area contributed by atoms with Gasteiger partial charge in [0.05, 0.1) is 5.69 Å². The molecule has 0 aliphatic heterocycles. The Labute approximate surface area is 112 Å². The Bertz CT molecular complexity index is 614. The maximum absolute atomic E-state index is 11.6. The third-order valence-electron chi connectivity index (χ3n) is 3.16. The smallest absolute Gasteiger partial charge is 0.266 e. The summed E-state index contributed by atoms with van der Waals surface area (Å²) in [6.45, 7) is 2.48. The Morgan fingerprint density at radius 2 is 1.95 bits per heavy atom. The van der Waals surface area contributed by atoms with Gasteiger partial charge in [-0.2, -0.15) is 5.10 Å². The van der Waals surface area contributed by atoms with Crippen molar-refractivity contribution in [3.05, 3.63) is 51.8 Å². The van der Waals surface area contributed by atoms with E-state index in [1.807, 2.05) is 12.1 Å². The molecule has 0 spiro atoms. The molecule has 1 heterocycles. The summed E-state index contributed by atoms with van der Waals surface area (Å²) in [5, 5.41) is 4.31. The van der Waals surface area contributed by atoms with Gasteiger partial charge in [-0.1, -0.05) is 37.6 Å². The average molecular weight is 257 g/mol. The van der Waals surface area contributed by atoms with E-state index in [0.717, 1.165) is 29.7 Å². The van der Waals surface area contributed by atoms with Crippen LogP contribution in [-0.2, 0) is 20.0 Å². The van der Waals surface area contributed by atoms with E-state index >= 15 is 0 Å². The number of hydrogen-bond donors (Lipinski definition) is 1. The molecule has 1 aromatic carbocycles. The fourth-order valence-corrected chi connectivity index (χ4v) is 2.09. The highest BCUT2D eigenvalue weighted by Gasteiger charge is 2.08. The third-order valence-corrected chi connectivity index (χ3v) is 3.16. The minimum absolute atomic E-state index is 0.133. The van der Waals surface area contributed by atoms with E-state index in [-0.39, 0.29) is 5.56 Å². The Morgan fingerprint density at radius 3 is 2.53 bits per heavy atom. The SMILES string of the molecule is CCCc1ccc(-c2nn(C)c(=O)cc2CN)cc1. The quantitative estimate of drug-likeness (QED) is 0.909. The van der Waals surface area contributed by atoms with Gasteiger partial charge in [-0.05, 0) is 17.5 Å². The van der Waals surface area contributed by atoms with Crippen molar-refractivity contribution >= 4 is 0 Å². The normalized spacial score (nSPS) is 10.7. The van der Waals surface area contributed by atoms with E-state index in [2.05, 4.69) is 24.2 Å². The van der Waals surface area contributed by atoms with Gasteiger partial charge in [0.2, 0.25) is 0 Å². The van der Waals surface area contributed by atoms with Crippen molar-refractivity contribution in [3.8, 4) is 11.3 Å². The first kappa shape index (κ1) is 13.5. The van der Waals surface area contributed by atoms with Crippen LogP contribution in [0.2, 0.25) is 0 Å². The Balaban J connectivity index is 2.45. The summed E-state index contributed by atoms with van der Waals surface area (Å²) in [7, 11) is 1.65. The lowest BCUT2D eigenvalue weighted by atomic mass is 10.0. The fourth-order valence-electron chi connectivity index (χ4n) is 2.09. The molecule has 4 heteroatoms. The lowest BCUT2D eigenvalue weighted by Gasteiger charge is -2.09. The maximum Gasteiger partial charge on any atom is 0.266 e. The highest BCUT2D eigenvalue weighted by molar-refractivity contribution is 5.62. The standard InChI is InChI=1S/C15H19N3O/c1-3-4-11-5-7-12(8-6-11)15-13(10-16)9-14(19)18(2)17-15/h5-9H,3-4,10,16H2,1-2H3. The van der Waals surface area contributed by atoms with Crippen molar-refractivity contribution in [1.29, 1.82) is 0 Å². The van der Waals surface area contributed by atoms with Crippen LogP contribution < -0.4 is 11.3 Å². The summed E-state index contributed by atoms with van der Waals surface area (Å²) in [4.78, 5) is 11.6. The molecule has 0 aliphatic rings. The van der Waals surface area contributed by atoms with Gasteiger partial charge in [-0.3, -0.25) is 4.79 Å². The molecule has 0 unspecified atom stereocenters. The zero-order chi connectivity index (χ0) is 13.8. The van der Waals surface area contributed by atoms with Crippen LogP contribution >= 0.6 is 0 Å². The van der Waals surface area contributed by atoms with Gasteiger partial charge >= 0.3 is 0 Å². The first-order valence-electron chi connectivity index (χ1n) is 6.52. The second kappa shape index (κ2) is 5.80. The van der Waals surface area contributed by atoms with Crippen LogP contribution in [0.25, 0.3) is 11.3 Å². The number of benzene rings is 1. The molecule has 0 bridgehead atoms. The van der Waals surface area contributed by atoms with Crippen LogP contribution in [0.15, 0.2) is 35.1 Å². The summed E-state index contributed by atoms with van der Waals surface area (Å²) in [6.07, 6.45) is 2.20. The maximum atomic E-state index is 11.6. The predicted molar refractivity (Wildman–Crippen MR) is 76.8 cm³/mol. The lowest BCUT2D eigenvalue weighted by molar-refractivity contribution is 0.704. The molecular formula is C15H19N3O. The van der Waals surface area contributed by atoms with Crippen LogP contribution in [-0.4, -0.2) is 9.78 Å². The summed E-state index contributed by atoms with van der Waals surface area (Å²) >= 11 is 0. The Kier molecular flexibility index (Phi) is 4.12. The topological polar surface area (TPSA) is 60.9 Å². The molecule has 2 aromatic rings. The number of nitrogens with zero attached hydrogens (tertiary/aromatic N) is 2. The number of rotatable bonds is 4. The van der Waals surface area contributed by atoms with Gasteiger partial charge in [0.15, 0.2) is 0 Å². The van der Waals surface area contributed by atoms with E-state index in [0.29, 0.717) is 6.54 Å². The lowest BCUT2D eigenvalue weighted by Crippen LogP contribution is -2.21. The van der Waals surface area contributed by atoms with Crippen molar-refractivity contribution < 1.29 is 0 Å². The fraction of sp³-hybridized carbons (Fsp3) is 0.333. The first-order chi connectivity index (χ1) is 9.15. The summed E-state index contributed by atoms with van der Waals surface area (Å²) in [5.41, 5.74) is 9.44. The van der Waals surface area contributed by atoms with Crippen molar-refractivity contribution in [2.24, 2.45) is 12.8 Å². The first-order valence-corrected chi connectivity index (χ1v) is 6.52. The minimum atomic E-state index is -0.133. The van der Waals surface area contributed by atoms with E-state index < -0.39 is 0 Å². The Hall–Kier alpha value is -1.94. The molecule has 0 saturated heterocycles. The van der Waals surface area contributed by atoms with Gasteiger partial charge < -0.3 is 5.73 Å². The van der Waals surface area contributed by atoms with Gasteiger partial charge in [-0.25, -0.2) is 4.68 Å². The summed E-state index contributed by atoms with van der Waals surface area (Å²) < 4.78 is 1.34. The average Bonchev–Trinajstić information content (AvgIpc) is 2.43. The van der Waals surface area contributed by atoms with Gasteiger partial charge in [0.25, 0.3) is 5.56 Å². The molecule has 0 atom stereocenters. The number of hydrogen-bond acceptors (Lipinski definition) is 3. The van der Waals surface area contributed by atoms with Crippen molar-refractivity contribution in [3.63, 3.8) is 0 Å². The molecule has 1 aromatic heterocycles. The highest BCUT2D eigenvalue weighted by atomic mass is 16.1. The van der Waals surface area contributed by atoms with Crippen molar-refractivity contribution in [2.45, 2.75) is 26.3 Å². The van der Waals surface area contributed by atoms with Crippen molar-refractivity contribution in [2.75, 3.05) is 0 Å². The molecule has 0 aliphatic carbocycles. The van der Waals surface area contributed by atoms with E-state index in [1.54, 1.807) is 13.1 Å². The summed E-state index contributed by atoms with van der Waals surface area (Å²) in [6, 6.07) is 9.84. The molecule has 0 saturated carbocycles. The van der Waals surface area contributed by atoms with E-state index in [9.17, 15) is 4.79 Å². The molecule has 0 amide bonds. The van der Waals surface area contributed by atoms with Crippen LogP contribution in [0, 0.1) is 0 Å². The minimum Gasteiger partial charge on any atom is -0.326 e. The van der Waals surface area contributed by atoms with E-state index in [4.69, 9.17) is 5.73 Å². The number of nitrogens with two attached hydrogens (primary N) is 1.